The molecular weight excluding hydrogens is 295 g/mol. The molecule has 2 aromatic rings. The van der Waals surface area contributed by atoms with E-state index in [1.807, 2.05) is 0 Å². The maximum absolute atomic E-state index is 13.4. The fourth-order valence-electron chi connectivity index (χ4n) is 3.36. The zero-order valence-electron chi connectivity index (χ0n) is 13.2. The third-order valence-corrected chi connectivity index (χ3v) is 4.73. The van der Waals surface area contributed by atoms with E-state index in [0.717, 1.165) is 55.0 Å². The molecule has 0 bridgehead atoms. The number of benzene rings is 1. The zero-order valence-corrected chi connectivity index (χ0v) is 13.2. The first-order valence-corrected chi connectivity index (χ1v) is 8.30. The molecule has 23 heavy (non-hydrogen) atoms. The van der Waals surface area contributed by atoms with E-state index in [1.54, 1.807) is 12.3 Å². The number of H-pyrrole nitrogens is 1. The Morgan fingerprint density at radius 3 is 2.74 bits per heavy atom. The monoisotopic (exact) mass is 318 g/mol. The van der Waals surface area contributed by atoms with E-state index in [4.69, 9.17) is 0 Å². The molecule has 0 atom stereocenters. The van der Waals surface area contributed by atoms with Crippen molar-refractivity contribution in [3.8, 4) is 0 Å². The molecule has 0 radical (unpaired) electrons. The van der Waals surface area contributed by atoms with Gasteiger partial charge < -0.3 is 15.4 Å². The number of aliphatic hydroxyl groups is 1. The Morgan fingerprint density at radius 1 is 1.26 bits per heavy atom. The third-order valence-electron chi connectivity index (χ3n) is 4.73. The lowest BCUT2D eigenvalue weighted by Crippen LogP contribution is -2.43. The first kappa shape index (κ1) is 16.0. The molecular formula is C18H23FN2O2. The van der Waals surface area contributed by atoms with Gasteiger partial charge in [0.25, 0.3) is 0 Å². The Kier molecular flexibility index (Phi) is 4.66. The van der Waals surface area contributed by atoms with Crippen LogP contribution in [0.3, 0.4) is 0 Å². The number of amides is 1. The van der Waals surface area contributed by atoms with Crippen molar-refractivity contribution in [3.63, 3.8) is 0 Å². The van der Waals surface area contributed by atoms with Crippen molar-refractivity contribution in [1.82, 2.24) is 10.3 Å². The largest absolute Gasteiger partial charge is 0.388 e. The van der Waals surface area contributed by atoms with Crippen LogP contribution in [0.1, 0.15) is 44.1 Å². The topological polar surface area (TPSA) is 65.1 Å². The highest BCUT2D eigenvalue weighted by molar-refractivity contribution is 5.88. The number of aromatic nitrogens is 1. The number of aromatic amines is 1. The fraction of sp³-hybridized carbons (Fsp3) is 0.500. The van der Waals surface area contributed by atoms with E-state index in [9.17, 15) is 14.3 Å². The van der Waals surface area contributed by atoms with Crippen molar-refractivity contribution < 1.29 is 14.3 Å². The van der Waals surface area contributed by atoms with Crippen LogP contribution in [0, 0.1) is 5.82 Å². The van der Waals surface area contributed by atoms with Crippen LogP contribution in [0.4, 0.5) is 4.39 Å². The molecule has 3 N–H and O–H groups in total. The second-order valence-corrected chi connectivity index (χ2v) is 6.60. The van der Waals surface area contributed by atoms with Crippen LogP contribution in [0.25, 0.3) is 10.9 Å². The Labute approximate surface area is 135 Å². The van der Waals surface area contributed by atoms with Crippen LogP contribution >= 0.6 is 0 Å². The van der Waals surface area contributed by atoms with Gasteiger partial charge in [-0.3, -0.25) is 4.79 Å². The second kappa shape index (κ2) is 6.71. The van der Waals surface area contributed by atoms with Crippen LogP contribution < -0.4 is 5.32 Å². The molecule has 1 heterocycles. The molecule has 5 heteroatoms. The normalized spacial score (nSPS) is 17.8. The Balaban J connectivity index is 1.61. The molecule has 1 aromatic heterocycles. The minimum Gasteiger partial charge on any atom is -0.388 e. The van der Waals surface area contributed by atoms with E-state index in [2.05, 4.69) is 10.3 Å². The van der Waals surface area contributed by atoms with Gasteiger partial charge in [0, 0.05) is 23.6 Å². The Hall–Kier alpha value is -1.88. The average Bonchev–Trinajstić information content (AvgIpc) is 2.77. The molecule has 3 rings (SSSR count). The van der Waals surface area contributed by atoms with Gasteiger partial charge in [0.05, 0.1) is 12.0 Å². The summed E-state index contributed by atoms with van der Waals surface area (Å²) in [6.45, 7) is 0.294. The molecule has 0 spiro atoms. The number of fused-ring (bicyclic) bond motifs is 1. The van der Waals surface area contributed by atoms with Crippen molar-refractivity contribution in [2.24, 2.45) is 0 Å². The average molecular weight is 318 g/mol. The summed E-state index contributed by atoms with van der Waals surface area (Å²) in [7, 11) is 0. The number of halogens is 1. The number of rotatable bonds is 4. The minimum atomic E-state index is -0.779. The summed E-state index contributed by atoms with van der Waals surface area (Å²) in [4.78, 5) is 15.2. The standard InChI is InChI=1S/C18H23FN2O2/c19-14-5-6-16-15(10-14)13(11-20-16)9-17(22)21-12-18(23)7-3-1-2-4-8-18/h5-6,10-11,20,23H,1-4,7-9,12H2,(H,21,22). The summed E-state index contributed by atoms with van der Waals surface area (Å²) >= 11 is 0. The third kappa shape index (κ3) is 3.91. The molecule has 0 saturated heterocycles. The molecule has 0 aliphatic heterocycles. The second-order valence-electron chi connectivity index (χ2n) is 6.60. The molecule has 124 valence electrons. The van der Waals surface area contributed by atoms with E-state index in [-0.39, 0.29) is 18.1 Å². The predicted octanol–water partition coefficient (Wildman–Crippen LogP) is 3.05. The smallest absolute Gasteiger partial charge is 0.224 e. The predicted molar refractivity (Wildman–Crippen MR) is 87.6 cm³/mol. The van der Waals surface area contributed by atoms with Gasteiger partial charge in [-0.15, -0.1) is 0 Å². The summed E-state index contributed by atoms with van der Waals surface area (Å²) in [5, 5.41) is 14.1. The van der Waals surface area contributed by atoms with Crippen LogP contribution in [0.15, 0.2) is 24.4 Å². The lowest BCUT2D eigenvalue weighted by Gasteiger charge is -2.26. The van der Waals surface area contributed by atoms with E-state index in [0.29, 0.717) is 6.54 Å². The van der Waals surface area contributed by atoms with Crippen molar-refractivity contribution in [3.05, 3.63) is 35.8 Å². The van der Waals surface area contributed by atoms with E-state index >= 15 is 0 Å². The van der Waals surface area contributed by atoms with Crippen LogP contribution in [-0.2, 0) is 11.2 Å². The highest BCUT2D eigenvalue weighted by atomic mass is 19.1. The van der Waals surface area contributed by atoms with Crippen molar-refractivity contribution in [2.45, 2.75) is 50.5 Å². The van der Waals surface area contributed by atoms with E-state index in [1.165, 1.54) is 12.1 Å². The SMILES string of the molecule is O=C(Cc1c[nH]c2ccc(F)cc12)NCC1(O)CCCCCC1. The van der Waals surface area contributed by atoms with Crippen molar-refractivity contribution in [1.29, 1.82) is 0 Å². The molecule has 1 aliphatic carbocycles. The molecule has 4 nitrogen and oxygen atoms in total. The minimum absolute atomic E-state index is 0.146. The Morgan fingerprint density at radius 2 is 2.00 bits per heavy atom. The van der Waals surface area contributed by atoms with Gasteiger partial charge in [-0.1, -0.05) is 25.7 Å². The molecule has 0 unspecified atom stereocenters. The zero-order chi connectivity index (χ0) is 16.3. The lowest BCUT2D eigenvalue weighted by atomic mass is 9.94. The Bertz CT molecular complexity index is 687. The van der Waals surface area contributed by atoms with Crippen molar-refractivity contribution in [2.75, 3.05) is 6.54 Å². The number of carbonyl (C=O) groups excluding carboxylic acids is 1. The number of carbonyl (C=O) groups is 1. The number of nitrogens with one attached hydrogen (secondary N) is 2. The number of hydrogen-bond acceptors (Lipinski definition) is 2. The number of hydrogen-bond donors (Lipinski definition) is 3. The van der Waals surface area contributed by atoms with Gasteiger partial charge in [0.2, 0.25) is 5.91 Å². The fourth-order valence-corrected chi connectivity index (χ4v) is 3.36. The summed E-state index contributed by atoms with van der Waals surface area (Å²) in [6, 6.07) is 4.50. The van der Waals surface area contributed by atoms with Gasteiger partial charge >= 0.3 is 0 Å². The van der Waals surface area contributed by atoms with Gasteiger partial charge in [-0.05, 0) is 36.6 Å². The summed E-state index contributed by atoms with van der Waals surface area (Å²) in [6.07, 6.45) is 7.72. The van der Waals surface area contributed by atoms with Gasteiger partial charge in [-0.25, -0.2) is 4.39 Å². The van der Waals surface area contributed by atoms with E-state index < -0.39 is 5.60 Å². The highest BCUT2D eigenvalue weighted by Gasteiger charge is 2.28. The molecule has 1 saturated carbocycles. The quantitative estimate of drug-likeness (QED) is 0.759. The maximum atomic E-state index is 13.4. The van der Waals surface area contributed by atoms with Crippen LogP contribution in [0.2, 0.25) is 0 Å². The summed E-state index contributed by atoms with van der Waals surface area (Å²) < 4.78 is 13.4. The molecule has 1 fully saturated rings. The lowest BCUT2D eigenvalue weighted by molar-refractivity contribution is -0.121. The molecule has 1 aromatic carbocycles. The van der Waals surface area contributed by atoms with Crippen LogP contribution in [0.5, 0.6) is 0 Å². The van der Waals surface area contributed by atoms with Gasteiger partial charge in [-0.2, -0.15) is 0 Å². The summed E-state index contributed by atoms with van der Waals surface area (Å²) in [5.41, 5.74) is 0.805. The first-order chi connectivity index (χ1) is 11.1. The van der Waals surface area contributed by atoms with Gasteiger partial charge in [0.1, 0.15) is 5.82 Å². The summed E-state index contributed by atoms with van der Waals surface area (Å²) in [5.74, 6) is -0.459. The van der Waals surface area contributed by atoms with Gasteiger partial charge in [0.15, 0.2) is 0 Å². The first-order valence-electron chi connectivity index (χ1n) is 8.30. The molecule has 1 amide bonds. The van der Waals surface area contributed by atoms with Crippen LogP contribution in [-0.4, -0.2) is 28.1 Å². The van der Waals surface area contributed by atoms with Crippen molar-refractivity contribution >= 4 is 16.8 Å². The molecule has 1 aliphatic rings. The maximum Gasteiger partial charge on any atom is 0.224 e. The highest BCUT2D eigenvalue weighted by Crippen LogP contribution is 2.26.